The number of aromatic nitrogens is 3. The Bertz CT molecular complexity index is 1360. The molecule has 8 nitrogen and oxygen atoms in total. The van der Waals surface area contributed by atoms with E-state index in [1.54, 1.807) is 47.5 Å². The van der Waals surface area contributed by atoms with E-state index in [-0.39, 0.29) is 18.4 Å². The summed E-state index contributed by atoms with van der Waals surface area (Å²) in [6, 6.07) is 11.1. The average molecular weight is 478 g/mol. The number of ether oxygens (including phenoxy) is 1. The lowest BCUT2D eigenvalue weighted by Gasteiger charge is -2.12. The second-order valence-corrected chi connectivity index (χ2v) is 9.79. The van der Waals surface area contributed by atoms with Gasteiger partial charge < -0.3 is 4.74 Å². The molecule has 34 heavy (non-hydrogen) atoms. The molecule has 0 spiro atoms. The predicted octanol–water partition coefficient (Wildman–Crippen LogP) is 4.37. The summed E-state index contributed by atoms with van der Waals surface area (Å²) in [5.41, 5.74) is 8.58. The largest absolute Gasteiger partial charge is 0.497 e. The third-order valence-electron chi connectivity index (χ3n) is 5.46. The van der Waals surface area contributed by atoms with E-state index in [2.05, 4.69) is 22.0 Å². The van der Waals surface area contributed by atoms with Crippen LogP contribution in [-0.4, -0.2) is 33.7 Å². The van der Waals surface area contributed by atoms with Gasteiger partial charge in [-0.3, -0.25) is 20.4 Å². The van der Waals surface area contributed by atoms with E-state index >= 15 is 0 Å². The second-order valence-electron chi connectivity index (χ2n) is 8.33. The monoisotopic (exact) mass is 477 g/mol. The lowest BCUT2D eigenvalue weighted by Crippen LogP contribution is -2.42. The highest BCUT2D eigenvalue weighted by molar-refractivity contribution is 7.12. The fourth-order valence-corrected chi connectivity index (χ4v) is 4.71. The van der Waals surface area contributed by atoms with E-state index in [4.69, 9.17) is 9.72 Å². The summed E-state index contributed by atoms with van der Waals surface area (Å²) in [4.78, 5) is 32.7. The van der Waals surface area contributed by atoms with Gasteiger partial charge in [0, 0.05) is 21.4 Å². The van der Waals surface area contributed by atoms with Crippen molar-refractivity contribution in [3.63, 3.8) is 0 Å². The van der Waals surface area contributed by atoms with Crippen molar-refractivity contribution in [3.05, 3.63) is 63.5 Å². The van der Waals surface area contributed by atoms with Gasteiger partial charge in [-0.05, 0) is 57.5 Å². The van der Waals surface area contributed by atoms with E-state index in [1.807, 2.05) is 39.8 Å². The topological polar surface area (TPSA) is 98.1 Å². The second kappa shape index (κ2) is 9.64. The number of carbonyl (C=O) groups is 2. The van der Waals surface area contributed by atoms with Gasteiger partial charge >= 0.3 is 0 Å². The zero-order valence-corrected chi connectivity index (χ0v) is 20.6. The van der Waals surface area contributed by atoms with Crippen LogP contribution in [0.25, 0.3) is 22.3 Å². The average Bonchev–Trinajstić information content (AvgIpc) is 3.39. The molecule has 4 aromatic rings. The highest BCUT2D eigenvalue weighted by atomic mass is 32.1. The molecule has 0 atom stereocenters. The molecular weight excluding hydrogens is 450 g/mol. The van der Waals surface area contributed by atoms with Gasteiger partial charge in [0.25, 0.3) is 5.91 Å². The number of hydrazine groups is 1. The minimum atomic E-state index is -0.426. The number of methoxy groups -OCH3 is 1. The molecule has 0 fully saturated rings. The summed E-state index contributed by atoms with van der Waals surface area (Å²) in [6.07, 6.45) is 1.77. The van der Waals surface area contributed by atoms with Gasteiger partial charge in [0.15, 0.2) is 5.65 Å². The number of thiophene rings is 1. The molecule has 4 rings (SSSR count). The summed E-state index contributed by atoms with van der Waals surface area (Å²) in [5, 5.41) is 5.07. The predicted molar refractivity (Wildman–Crippen MR) is 133 cm³/mol. The Kier molecular flexibility index (Phi) is 6.65. The van der Waals surface area contributed by atoms with Crippen molar-refractivity contribution in [1.82, 2.24) is 25.6 Å². The number of amides is 2. The molecule has 9 heteroatoms. The fourth-order valence-electron chi connectivity index (χ4n) is 3.77. The molecule has 0 saturated carbocycles. The van der Waals surface area contributed by atoms with E-state index < -0.39 is 5.91 Å². The summed E-state index contributed by atoms with van der Waals surface area (Å²) >= 11 is 1.69. The molecule has 176 valence electrons. The van der Waals surface area contributed by atoms with Crippen molar-refractivity contribution >= 4 is 34.2 Å². The van der Waals surface area contributed by atoms with E-state index in [1.165, 1.54) is 4.88 Å². The standard InChI is InChI=1S/C25H27N5O3S/c1-14(2)30-24-21(13-26-30)20(12-22(27-24)19-10-15(3)34-16(19)4)25(32)29-28-23(31)11-17-6-8-18(33-5)9-7-17/h6-10,12-14H,11H2,1-5H3,(H,28,31)(H,29,32). The van der Waals surface area contributed by atoms with Crippen molar-refractivity contribution in [3.8, 4) is 17.0 Å². The maximum absolute atomic E-state index is 13.1. The number of carbonyl (C=O) groups excluding carboxylic acids is 2. The van der Waals surface area contributed by atoms with Gasteiger partial charge in [0.2, 0.25) is 5.91 Å². The SMILES string of the molecule is COc1ccc(CC(=O)NNC(=O)c2cc(-c3cc(C)sc3C)nc3c2cnn3C(C)C)cc1. The summed E-state index contributed by atoms with van der Waals surface area (Å²) in [7, 11) is 1.59. The molecule has 0 saturated heterocycles. The molecule has 0 aliphatic heterocycles. The molecule has 0 radical (unpaired) electrons. The third-order valence-corrected chi connectivity index (χ3v) is 6.42. The van der Waals surface area contributed by atoms with Crippen molar-refractivity contribution < 1.29 is 14.3 Å². The number of hydrogen-bond acceptors (Lipinski definition) is 6. The Morgan fingerprint density at radius 3 is 2.47 bits per heavy atom. The number of nitrogens with one attached hydrogen (secondary N) is 2. The summed E-state index contributed by atoms with van der Waals surface area (Å²) in [5.74, 6) is -0.0381. The maximum atomic E-state index is 13.1. The van der Waals surface area contributed by atoms with Crippen molar-refractivity contribution in [2.24, 2.45) is 0 Å². The summed E-state index contributed by atoms with van der Waals surface area (Å²) in [6.45, 7) is 8.11. The van der Waals surface area contributed by atoms with Crippen LogP contribution in [0.1, 0.15) is 45.6 Å². The van der Waals surface area contributed by atoms with Crippen molar-refractivity contribution in [1.29, 1.82) is 0 Å². The van der Waals surface area contributed by atoms with Gasteiger partial charge in [0.1, 0.15) is 5.75 Å². The normalized spacial score (nSPS) is 11.1. The van der Waals surface area contributed by atoms with Crippen LogP contribution < -0.4 is 15.6 Å². The zero-order valence-electron chi connectivity index (χ0n) is 19.8. The first kappa shape index (κ1) is 23.4. The number of fused-ring (bicyclic) bond motifs is 1. The summed E-state index contributed by atoms with van der Waals surface area (Å²) < 4.78 is 6.93. The Labute approximate surface area is 201 Å². The van der Waals surface area contributed by atoms with E-state index in [0.29, 0.717) is 28.0 Å². The number of hydrogen-bond donors (Lipinski definition) is 2. The van der Waals surface area contributed by atoms with Gasteiger partial charge in [0.05, 0.1) is 36.4 Å². The molecule has 1 aromatic carbocycles. The molecule has 2 N–H and O–H groups in total. The molecule has 3 heterocycles. The van der Waals surface area contributed by atoms with Gasteiger partial charge in [-0.2, -0.15) is 5.10 Å². The van der Waals surface area contributed by atoms with Crippen LogP contribution in [0.3, 0.4) is 0 Å². The lowest BCUT2D eigenvalue weighted by atomic mass is 10.1. The quantitative estimate of drug-likeness (QED) is 0.402. The number of nitrogens with zero attached hydrogens (tertiary/aromatic N) is 3. The molecule has 0 aliphatic rings. The van der Waals surface area contributed by atoms with Crippen LogP contribution in [0, 0.1) is 13.8 Å². The first-order valence-corrected chi connectivity index (χ1v) is 11.8. The molecule has 2 amide bonds. The lowest BCUT2D eigenvalue weighted by molar-refractivity contribution is -0.121. The van der Waals surface area contributed by atoms with Crippen LogP contribution in [0.4, 0.5) is 0 Å². The highest BCUT2D eigenvalue weighted by Crippen LogP contribution is 2.32. The van der Waals surface area contributed by atoms with E-state index in [0.717, 1.165) is 16.0 Å². The van der Waals surface area contributed by atoms with Crippen LogP contribution in [-0.2, 0) is 11.2 Å². The van der Waals surface area contributed by atoms with E-state index in [9.17, 15) is 9.59 Å². The highest BCUT2D eigenvalue weighted by Gasteiger charge is 2.20. The minimum Gasteiger partial charge on any atom is -0.497 e. The smallest absolute Gasteiger partial charge is 0.270 e. The Morgan fingerprint density at radius 2 is 1.85 bits per heavy atom. The number of pyridine rings is 1. The third kappa shape index (κ3) is 4.79. The first-order valence-electron chi connectivity index (χ1n) is 10.9. The van der Waals surface area contributed by atoms with Crippen LogP contribution in [0.15, 0.2) is 42.6 Å². The minimum absolute atomic E-state index is 0.0747. The molecule has 0 aliphatic carbocycles. The molecule has 0 bridgehead atoms. The fraction of sp³-hybridized carbons (Fsp3) is 0.280. The molecule has 0 unspecified atom stereocenters. The van der Waals surface area contributed by atoms with Crippen molar-refractivity contribution in [2.75, 3.05) is 7.11 Å². The molecular formula is C25H27N5O3S. The van der Waals surface area contributed by atoms with Gasteiger partial charge in [-0.15, -0.1) is 11.3 Å². The number of rotatable bonds is 6. The molecule has 3 aromatic heterocycles. The Hall–Kier alpha value is -3.72. The number of aryl methyl sites for hydroxylation is 2. The van der Waals surface area contributed by atoms with Crippen LogP contribution in [0.5, 0.6) is 5.75 Å². The zero-order chi connectivity index (χ0) is 24.4. The maximum Gasteiger partial charge on any atom is 0.270 e. The van der Waals surface area contributed by atoms with Crippen LogP contribution in [0.2, 0.25) is 0 Å². The van der Waals surface area contributed by atoms with Crippen LogP contribution >= 0.6 is 11.3 Å². The number of benzene rings is 1. The van der Waals surface area contributed by atoms with Gasteiger partial charge in [-0.25, -0.2) is 9.67 Å². The Balaban J connectivity index is 1.59. The Morgan fingerprint density at radius 1 is 1.12 bits per heavy atom. The first-order chi connectivity index (χ1) is 16.3. The van der Waals surface area contributed by atoms with Gasteiger partial charge in [-0.1, -0.05) is 12.1 Å². The van der Waals surface area contributed by atoms with Crippen molar-refractivity contribution in [2.45, 2.75) is 40.2 Å².